The van der Waals surface area contributed by atoms with Crippen LogP contribution < -0.4 is 0 Å². The van der Waals surface area contributed by atoms with Crippen LogP contribution in [0.4, 0.5) is 0 Å². The van der Waals surface area contributed by atoms with E-state index in [2.05, 4.69) is 27.7 Å². The minimum absolute atomic E-state index is 0.511. The minimum Gasteiger partial charge on any atom is -0.478 e. The van der Waals surface area contributed by atoms with E-state index in [4.69, 9.17) is 20.4 Å². The first-order valence-corrected chi connectivity index (χ1v) is 15.0. The van der Waals surface area contributed by atoms with Gasteiger partial charge in [0.1, 0.15) is 0 Å². The molecule has 0 aliphatic rings. The van der Waals surface area contributed by atoms with Crippen molar-refractivity contribution in [2.24, 2.45) is 0 Å². The number of hydrogen-bond acceptors (Lipinski definition) is 4. The van der Waals surface area contributed by atoms with Gasteiger partial charge in [0, 0.05) is 7.26 Å². The standard InChI is InChI=1S/C16H36P.C10H6O8/c1-5-9-13-17(14-10-6-2,15-11-7-3)16-12-8-4;11-7(12)3-1-4(8(13)14)6(10(17)18)2-5(3)9(15)16/h5-16H2,1-4H3;1-2H,(H,11,12)(H,13,14)(H,15,16)(H,17,18)/q+1;. The molecule has 0 bridgehead atoms. The molecular formula is C26H42O8P+. The average Bonchev–Trinajstić information content (AvgIpc) is 2.82. The summed E-state index contributed by atoms with van der Waals surface area (Å²) in [4.78, 5) is 43.1. The third-order valence-electron chi connectivity index (χ3n) is 6.02. The molecule has 198 valence electrons. The number of aromatic carboxylic acids is 4. The summed E-state index contributed by atoms with van der Waals surface area (Å²) in [5.41, 5.74) is -3.15. The molecular weight excluding hydrogens is 471 g/mol. The van der Waals surface area contributed by atoms with Gasteiger partial charge in [-0.2, -0.15) is 0 Å². The second-order valence-corrected chi connectivity index (χ2v) is 13.3. The maximum Gasteiger partial charge on any atom is 0.336 e. The van der Waals surface area contributed by atoms with Gasteiger partial charge in [0.05, 0.1) is 46.9 Å². The molecule has 0 saturated heterocycles. The lowest BCUT2D eigenvalue weighted by Crippen LogP contribution is -2.15. The molecule has 0 heterocycles. The van der Waals surface area contributed by atoms with Crippen LogP contribution in [0, 0.1) is 0 Å². The molecule has 0 aromatic heterocycles. The van der Waals surface area contributed by atoms with Gasteiger partial charge in [-0.25, -0.2) is 19.2 Å². The second kappa shape index (κ2) is 17.0. The molecule has 0 fully saturated rings. The quantitative estimate of drug-likeness (QED) is 0.179. The van der Waals surface area contributed by atoms with E-state index < -0.39 is 53.4 Å². The van der Waals surface area contributed by atoms with Crippen LogP contribution in [0.5, 0.6) is 0 Å². The Morgan fingerprint density at radius 1 is 0.514 bits per heavy atom. The molecule has 0 radical (unpaired) electrons. The first-order chi connectivity index (χ1) is 16.5. The van der Waals surface area contributed by atoms with Gasteiger partial charge in [0.25, 0.3) is 0 Å². The van der Waals surface area contributed by atoms with E-state index >= 15 is 0 Å². The fraction of sp³-hybridized carbons (Fsp3) is 0.615. The van der Waals surface area contributed by atoms with Crippen LogP contribution in [0.3, 0.4) is 0 Å². The first kappa shape index (κ1) is 32.5. The zero-order valence-electron chi connectivity index (χ0n) is 21.5. The second-order valence-electron chi connectivity index (χ2n) is 8.81. The normalized spacial score (nSPS) is 10.9. The summed E-state index contributed by atoms with van der Waals surface area (Å²) in [6.45, 7) is 9.42. The summed E-state index contributed by atoms with van der Waals surface area (Å²) in [6.07, 6.45) is 17.9. The smallest absolute Gasteiger partial charge is 0.336 e. The molecule has 0 saturated carbocycles. The topological polar surface area (TPSA) is 149 Å². The van der Waals surface area contributed by atoms with Crippen molar-refractivity contribution >= 4 is 31.1 Å². The number of hydrogen-bond donors (Lipinski definition) is 4. The highest BCUT2D eigenvalue weighted by Gasteiger charge is 2.34. The van der Waals surface area contributed by atoms with Crippen molar-refractivity contribution in [1.29, 1.82) is 0 Å². The SMILES string of the molecule is CCCC[P+](CCCC)(CCCC)CCCC.O=C(O)c1cc(C(=O)O)c(C(=O)O)cc1C(=O)O. The Kier molecular flexibility index (Phi) is 15.8. The molecule has 1 aromatic rings. The summed E-state index contributed by atoms with van der Waals surface area (Å²) in [7, 11) is -0.562. The van der Waals surface area contributed by atoms with Crippen molar-refractivity contribution in [2.75, 3.05) is 24.6 Å². The Balaban J connectivity index is 0.000000662. The van der Waals surface area contributed by atoms with Crippen molar-refractivity contribution in [3.63, 3.8) is 0 Å². The average molecular weight is 514 g/mol. The Bertz CT molecular complexity index is 714. The van der Waals surface area contributed by atoms with E-state index in [1.807, 2.05) is 0 Å². The molecule has 0 aliphatic carbocycles. The number of carbonyl (C=O) groups is 4. The molecule has 35 heavy (non-hydrogen) atoms. The zero-order chi connectivity index (χ0) is 27.0. The molecule has 9 heteroatoms. The highest BCUT2D eigenvalue weighted by atomic mass is 31.2. The summed E-state index contributed by atoms with van der Waals surface area (Å²) >= 11 is 0. The van der Waals surface area contributed by atoms with Crippen LogP contribution in [0.2, 0.25) is 0 Å². The lowest BCUT2D eigenvalue weighted by atomic mass is 9.98. The molecule has 0 aliphatic heterocycles. The van der Waals surface area contributed by atoms with Crippen LogP contribution in [-0.4, -0.2) is 69.0 Å². The van der Waals surface area contributed by atoms with Crippen molar-refractivity contribution in [2.45, 2.75) is 79.1 Å². The van der Waals surface area contributed by atoms with Crippen LogP contribution >= 0.6 is 7.26 Å². The van der Waals surface area contributed by atoms with E-state index in [1.165, 1.54) is 51.4 Å². The maximum atomic E-state index is 10.8. The molecule has 0 amide bonds. The monoisotopic (exact) mass is 513 g/mol. The molecule has 0 unspecified atom stereocenters. The predicted molar refractivity (Wildman–Crippen MR) is 140 cm³/mol. The van der Waals surface area contributed by atoms with Gasteiger partial charge in [-0.15, -0.1) is 0 Å². The highest BCUT2D eigenvalue weighted by Crippen LogP contribution is 2.61. The summed E-state index contributed by atoms with van der Waals surface area (Å²) in [5, 5.41) is 35.0. The van der Waals surface area contributed by atoms with Gasteiger partial charge in [-0.05, 0) is 37.8 Å². The van der Waals surface area contributed by atoms with Crippen LogP contribution in [0.1, 0.15) is 120 Å². The Labute approximate surface area is 209 Å². The molecule has 4 N–H and O–H groups in total. The van der Waals surface area contributed by atoms with Gasteiger partial charge in [0.2, 0.25) is 0 Å². The molecule has 8 nitrogen and oxygen atoms in total. The van der Waals surface area contributed by atoms with Crippen LogP contribution in [-0.2, 0) is 0 Å². The number of carboxylic acid groups (broad SMARTS) is 4. The third kappa shape index (κ3) is 11.2. The van der Waals surface area contributed by atoms with Gasteiger partial charge in [-0.1, -0.05) is 53.4 Å². The Morgan fingerprint density at radius 2 is 0.714 bits per heavy atom. The van der Waals surface area contributed by atoms with Gasteiger partial charge in [-0.3, -0.25) is 0 Å². The summed E-state index contributed by atoms with van der Waals surface area (Å²) in [6, 6.07) is 1.02. The first-order valence-electron chi connectivity index (χ1n) is 12.5. The molecule has 1 rings (SSSR count). The van der Waals surface area contributed by atoms with Gasteiger partial charge < -0.3 is 20.4 Å². The Morgan fingerprint density at radius 3 is 0.857 bits per heavy atom. The van der Waals surface area contributed by atoms with Gasteiger partial charge >= 0.3 is 23.9 Å². The van der Waals surface area contributed by atoms with Gasteiger partial charge in [0.15, 0.2) is 0 Å². The van der Waals surface area contributed by atoms with E-state index in [0.29, 0.717) is 12.1 Å². The number of carboxylic acids is 4. The fourth-order valence-corrected chi connectivity index (χ4v) is 9.24. The third-order valence-corrected chi connectivity index (χ3v) is 11.1. The van der Waals surface area contributed by atoms with Crippen molar-refractivity contribution < 1.29 is 39.6 Å². The predicted octanol–water partition coefficient (Wildman–Crippen LogP) is 6.68. The van der Waals surface area contributed by atoms with E-state index in [1.54, 1.807) is 24.6 Å². The summed E-state index contributed by atoms with van der Waals surface area (Å²) < 4.78 is 0. The van der Waals surface area contributed by atoms with Crippen LogP contribution in [0.15, 0.2) is 12.1 Å². The fourth-order valence-electron chi connectivity index (χ4n) is 3.95. The molecule has 0 spiro atoms. The molecule has 0 atom stereocenters. The maximum absolute atomic E-state index is 10.8. The highest BCUT2D eigenvalue weighted by molar-refractivity contribution is 7.75. The lowest BCUT2D eigenvalue weighted by Gasteiger charge is -2.28. The zero-order valence-corrected chi connectivity index (χ0v) is 22.4. The number of unbranched alkanes of at least 4 members (excludes halogenated alkanes) is 4. The molecule has 1 aromatic carbocycles. The van der Waals surface area contributed by atoms with E-state index in [9.17, 15) is 19.2 Å². The Hall–Kier alpha value is -2.47. The largest absolute Gasteiger partial charge is 0.478 e. The van der Waals surface area contributed by atoms with E-state index in [-0.39, 0.29) is 0 Å². The van der Waals surface area contributed by atoms with Crippen molar-refractivity contribution in [3.05, 3.63) is 34.4 Å². The number of rotatable bonds is 16. The van der Waals surface area contributed by atoms with Crippen molar-refractivity contribution in [1.82, 2.24) is 0 Å². The lowest BCUT2D eigenvalue weighted by molar-refractivity contribution is 0.0637. The van der Waals surface area contributed by atoms with Crippen LogP contribution in [0.25, 0.3) is 0 Å². The minimum atomic E-state index is -1.66. The number of benzene rings is 1. The van der Waals surface area contributed by atoms with Crippen molar-refractivity contribution in [3.8, 4) is 0 Å². The summed E-state index contributed by atoms with van der Waals surface area (Å²) in [5.74, 6) is -6.64. The van der Waals surface area contributed by atoms with E-state index in [0.717, 1.165) is 0 Å².